The van der Waals surface area contributed by atoms with E-state index in [-0.39, 0.29) is 34.7 Å². The van der Waals surface area contributed by atoms with Crippen LogP contribution in [-0.2, 0) is 4.74 Å². The molecular formula is C34H45ClN6O4. The minimum atomic E-state index is -0.480. The van der Waals surface area contributed by atoms with Crippen molar-refractivity contribution in [2.75, 3.05) is 50.7 Å². The summed E-state index contributed by atoms with van der Waals surface area (Å²) < 4.78 is 11.9. The van der Waals surface area contributed by atoms with E-state index in [9.17, 15) is 9.59 Å². The van der Waals surface area contributed by atoms with E-state index in [0.29, 0.717) is 47.5 Å². The molecule has 0 spiro atoms. The lowest BCUT2D eigenvalue weighted by Gasteiger charge is -2.63. The van der Waals surface area contributed by atoms with Gasteiger partial charge in [0.05, 0.1) is 23.0 Å². The second kappa shape index (κ2) is 12.4. The Morgan fingerprint density at radius 3 is 2.27 bits per heavy atom. The van der Waals surface area contributed by atoms with Crippen molar-refractivity contribution < 1.29 is 19.1 Å². The lowest BCUT2D eigenvalue weighted by atomic mass is 9.44. The van der Waals surface area contributed by atoms with Gasteiger partial charge in [0.2, 0.25) is 0 Å². The summed E-state index contributed by atoms with van der Waals surface area (Å²) in [5, 5.41) is 9.52. The van der Waals surface area contributed by atoms with Gasteiger partial charge < -0.3 is 19.3 Å². The van der Waals surface area contributed by atoms with Crippen LogP contribution in [-0.4, -0.2) is 89.2 Å². The molecule has 0 radical (unpaired) electrons. The number of carbonyl (C=O) groups excluding carboxylic acids is 2. The molecule has 11 heteroatoms. The maximum atomic E-state index is 13.3. The summed E-state index contributed by atoms with van der Waals surface area (Å²) in [6.07, 6.45) is 3.30. The third-order valence-corrected chi connectivity index (χ3v) is 9.91. The molecule has 5 rings (SSSR count). The van der Waals surface area contributed by atoms with Gasteiger partial charge in [-0.3, -0.25) is 9.69 Å². The van der Waals surface area contributed by atoms with Gasteiger partial charge in [0.25, 0.3) is 0 Å². The van der Waals surface area contributed by atoms with Crippen LogP contribution in [0.15, 0.2) is 30.6 Å². The Bertz CT molecular complexity index is 1430. The number of amides is 1. The standard InChI is InChI=1S/C34H45ClN6O4/c1-32(2,3)45-31(43)40-12-10-39(11-13-40)19-22-20-41(21-22)29-18-37-26(17-38-29)27(42)15-28-33(4,5)30(34(28,6)7)44-24-9-8-23(16-36)25(35)14-24/h8-9,14,17-18,22,28,30H,10-13,15,19-21H2,1-7H3. The first-order valence-electron chi connectivity index (χ1n) is 15.7. The average Bonchev–Trinajstić information content (AvgIpc) is 2.95. The van der Waals surface area contributed by atoms with Gasteiger partial charge in [-0.25, -0.2) is 14.8 Å². The smallest absolute Gasteiger partial charge is 0.410 e. The highest BCUT2D eigenvalue weighted by Crippen LogP contribution is 2.61. The number of carbonyl (C=O) groups is 2. The number of halogens is 1. The Labute approximate surface area is 271 Å². The highest BCUT2D eigenvalue weighted by atomic mass is 35.5. The Kier molecular flexibility index (Phi) is 9.09. The summed E-state index contributed by atoms with van der Waals surface area (Å²) in [7, 11) is 0. The van der Waals surface area contributed by atoms with Gasteiger partial charge >= 0.3 is 6.09 Å². The molecular weight excluding hydrogens is 592 g/mol. The number of ketones is 1. The van der Waals surface area contributed by atoms with Gasteiger partial charge in [0, 0.05) is 75.0 Å². The number of hydrogen-bond acceptors (Lipinski definition) is 9. The topological polar surface area (TPSA) is 112 Å². The van der Waals surface area contributed by atoms with Crippen molar-refractivity contribution in [2.45, 2.75) is 66.6 Å². The molecule has 3 fully saturated rings. The highest BCUT2D eigenvalue weighted by Gasteiger charge is 2.63. The predicted molar refractivity (Wildman–Crippen MR) is 173 cm³/mol. The van der Waals surface area contributed by atoms with Gasteiger partial charge in [-0.2, -0.15) is 5.26 Å². The number of nitrogens with zero attached hydrogens (tertiary/aromatic N) is 6. The molecule has 1 amide bonds. The first-order chi connectivity index (χ1) is 21.1. The van der Waals surface area contributed by atoms with Gasteiger partial charge in [0.1, 0.15) is 35.0 Å². The van der Waals surface area contributed by atoms with Gasteiger partial charge in [-0.15, -0.1) is 0 Å². The maximum absolute atomic E-state index is 13.3. The first kappa shape index (κ1) is 33.0. The van der Waals surface area contributed by atoms with Crippen LogP contribution >= 0.6 is 11.6 Å². The van der Waals surface area contributed by atoms with Crippen LogP contribution in [0.25, 0.3) is 0 Å². The fourth-order valence-corrected chi connectivity index (χ4v) is 7.62. The molecule has 10 nitrogen and oxygen atoms in total. The zero-order chi connectivity index (χ0) is 32.7. The molecule has 2 aromatic rings. The molecule has 3 heterocycles. The number of hydrogen-bond donors (Lipinski definition) is 0. The van der Waals surface area contributed by atoms with E-state index in [4.69, 9.17) is 26.3 Å². The number of nitriles is 1. The lowest BCUT2D eigenvalue weighted by molar-refractivity contribution is -0.196. The number of ether oxygens (including phenoxy) is 2. The quantitative estimate of drug-likeness (QED) is 0.337. The van der Waals surface area contributed by atoms with Crippen molar-refractivity contribution in [3.05, 3.63) is 46.9 Å². The number of piperazine rings is 1. The minimum absolute atomic E-state index is 0.0212. The SMILES string of the molecule is CC(C)(C)OC(=O)N1CCN(CC2CN(c3cnc(C(=O)CC4C(C)(C)C(Oc5ccc(C#N)c(Cl)c5)C4(C)C)cn3)C2)CC1. The zero-order valence-corrected chi connectivity index (χ0v) is 28.2. The summed E-state index contributed by atoms with van der Waals surface area (Å²) in [6, 6.07) is 7.18. The Morgan fingerprint density at radius 2 is 1.71 bits per heavy atom. The fourth-order valence-electron chi connectivity index (χ4n) is 7.41. The molecule has 2 saturated heterocycles. The van der Waals surface area contributed by atoms with Crippen molar-refractivity contribution in [1.29, 1.82) is 5.26 Å². The lowest BCUT2D eigenvalue weighted by Crippen LogP contribution is -2.66. The highest BCUT2D eigenvalue weighted by molar-refractivity contribution is 6.31. The summed E-state index contributed by atoms with van der Waals surface area (Å²) in [6.45, 7) is 20.0. The van der Waals surface area contributed by atoms with Crippen molar-refractivity contribution >= 4 is 29.3 Å². The zero-order valence-electron chi connectivity index (χ0n) is 27.5. The third kappa shape index (κ3) is 7.05. The molecule has 3 aliphatic rings. The predicted octanol–water partition coefficient (Wildman–Crippen LogP) is 5.69. The number of Topliss-reactive ketones (excluding diaryl/α,β-unsaturated/α-hetero) is 1. The Balaban J connectivity index is 1.08. The molecule has 1 saturated carbocycles. The van der Waals surface area contributed by atoms with Crippen LogP contribution in [0.2, 0.25) is 5.02 Å². The largest absolute Gasteiger partial charge is 0.489 e. The number of benzene rings is 1. The van der Waals surface area contributed by atoms with Crippen molar-refractivity contribution in [2.24, 2.45) is 22.7 Å². The van der Waals surface area contributed by atoms with Crippen molar-refractivity contribution in [1.82, 2.24) is 19.8 Å². The van der Waals surface area contributed by atoms with Gasteiger partial charge in [0.15, 0.2) is 5.78 Å². The van der Waals surface area contributed by atoms with E-state index in [1.165, 1.54) is 0 Å². The second-order valence-electron chi connectivity index (χ2n) is 14.9. The molecule has 0 N–H and O–H groups in total. The summed E-state index contributed by atoms with van der Waals surface area (Å²) in [4.78, 5) is 41.2. The molecule has 1 aliphatic carbocycles. The normalized spacial score (nSPS) is 23.0. The fraction of sp³-hybridized carbons (Fsp3) is 0.618. The summed E-state index contributed by atoms with van der Waals surface area (Å²) in [5.74, 6) is 1.99. The van der Waals surface area contributed by atoms with Gasteiger partial charge in [-0.1, -0.05) is 39.3 Å². The molecule has 45 heavy (non-hydrogen) atoms. The van der Waals surface area contributed by atoms with Crippen molar-refractivity contribution in [3.63, 3.8) is 0 Å². The van der Waals surface area contributed by atoms with Gasteiger partial charge in [-0.05, 0) is 38.8 Å². The van der Waals surface area contributed by atoms with Crippen LogP contribution in [0.3, 0.4) is 0 Å². The van der Waals surface area contributed by atoms with Crippen LogP contribution in [0.1, 0.15) is 70.9 Å². The van der Waals surface area contributed by atoms with Crippen LogP contribution in [0, 0.1) is 34.0 Å². The van der Waals surface area contributed by atoms with Crippen LogP contribution in [0.4, 0.5) is 10.6 Å². The average molecular weight is 637 g/mol. The minimum Gasteiger partial charge on any atom is -0.489 e. The molecule has 1 aromatic heterocycles. The molecule has 1 aromatic carbocycles. The molecule has 0 bridgehead atoms. The second-order valence-corrected chi connectivity index (χ2v) is 15.3. The number of rotatable bonds is 8. The Morgan fingerprint density at radius 1 is 1.04 bits per heavy atom. The summed E-state index contributed by atoms with van der Waals surface area (Å²) in [5.41, 5.74) is -0.211. The van der Waals surface area contributed by atoms with Crippen molar-refractivity contribution in [3.8, 4) is 11.8 Å². The number of aromatic nitrogens is 2. The third-order valence-electron chi connectivity index (χ3n) is 9.60. The summed E-state index contributed by atoms with van der Waals surface area (Å²) >= 11 is 6.22. The molecule has 0 atom stereocenters. The first-order valence-corrected chi connectivity index (χ1v) is 16.1. The van der Waals surface area contributed by atoms with Crippen LogP contribution < -0.4 is 9.64 Å². The Hall–Kier alpha value is -3.42. The van der Waals surface area contributed by atoms with E-state index in [0.717, 1.165) is 38.5 Å². The molecule has 2 aliphatic heterocycles. The van der Waals surface area contributed by atoms with E-state index >= 15 is 0 Å². The maximum Gasteiger partial charge on any atom is 0.410 e. The van der Waals surface area contributed by atoms with E-state index in [1.807, 2.05) is 20.8 Å². The molecule has 0 unspecified atom stereocenters. The van der Waals surface area contributed by atoms with E-state index < -0.39 is 5.60 Å². The number of anilines is 1. The van der Waals surface area contributed by atoms with E-state index in [2.05, 4.69) is 53.5 Å². The van der Waals surface area contributed by atoms with E-state index in [1.54, 1.807) is 35.5 Å². The monoisotopic (exact) mass is 636 g/mol. The molecule has 242 valence electrons. The van der Waals surface area contributed by atoms with Crippen LogP contribution in [0.5, 0.6) is 5.75 Å².